The third-order valence-corrected chi connectivity index (χ3v) is 5.92. The van der Waals surface area contributed by atoms with Gasteiger partial charge in [0, 0.05) is 66.8 Å². The van der Waals surface area contributed by atoms with Gasteiger partial charge in [0.1, 0.15) is 12.0 Å². The third kappa shape index (κ3) is 3.09. The van der Waals surface area contributed by atoms with Crippen LogP contribution in [0.15, 0.2) is 55.2 Å². The number of hydrogen-bond acceptors (Lipinski definition) is 5. The molecule has 1 saturated heterocycles. The van der Waals surface area contributed by atoms with E-state index in [1.54, 1.807) is 16.8 Å². The summed E-state index contributed by atoms with van der Waals surface area (Å²) in [7, 11) is 0. The largest absolute Gasteiger partial charge is 0.367 e. The van der Waals surface area contributed by atoms with E-state index >= 15 is 0 Å². The average molecular weight is 431 g/mol. The fourth-order valence-electron chi connectivity index (χ4n) is 4.25. The highest BCUT2D eigenvalue weighted by Gasteiger charge is 2.20. The molecule has 7 nitrogen and oxygen atoms in total. The van der Waals surface area contributed by atoms with Crippen LogP contribution in [-0.4, -0.2) is 50.7 Å². The van der Waals surface area contributed by atoms with E-state index in [4.69, 9.17) is 0 Å². The maximum Gasteiger partial charge on any atom is 0.182 e. The highest BCUT2D eigenvalue weighted by Crippen LogP contribution is 2.34. The van der Waals surface area contributed by atoms with Gasteiger partial charge >= 0.3 is 0 Å². The van der Waals surface area contributed by atoms with E-state index < -0.39 is 11.6 Å². The Morgan fingerprint density at radius 3 is 2.69 bits per heavy atom. The molecule has 0 spiro atoms. The number of H-pyrrole nitrogens is 1. The second-order valence-electron chi connectivity index (χ2n) is 7.83. The Bertz CT molecular complexity index is 1450. The van der Waals surface area contributed by atoms with Crippen LogP contribution in [0.5, 0.6) is 0 Å². The lowest BCUT2D eigenvalue weighted by atomic mass is 10.0. The number of aromatic nitrogens is 5. The number of pyridine rings is 2. The summed E-state index contributed by atoms with van der Waals surface area (Å²) in [5.74, 6) is -1.67. The number of nitrogens with one attached hydrogen (secondary N) is 2. The topological polar surface area (TPSA) is 74.1 Å². The molecule has 0 atom stereocenters. The third-order valence-electron chi connectivity index (χ3n) is 5.92. The minimum Gasteiger partial charge on any atom is -0.367 e. The number of nitrogens with zero attached hydrogens (tertiary/aromatic N) is 5. The van der Waals surface area contributed by atoms with E-state index in [0.29, 0.717) is 24.3 Å². The predicted octanol–water partition coefficient (Wildman–Crippen LogP) is 3.63. The lowest BCUT2D eigenvalue weighted by Gasteiger charge is -2.30. The summed E-state index contributed by atoms with van der Waals surface area (Å²) in [6.07, 6.45) is 6.97. The number of aromatic amines is 1. The maximum atomic E-state index is 14.6. The van der Waals surface area contributed by atoms with Crippen molar-refractivity contribution < 1.29 is 8.78 Å². The molecule has 6 rings (SSSR count). The summed E-state index contributed by atoms with van der Waals surface area (Å²) in [6.45, 7) is 2.73. The molecule has 2 N–H and O–H groups in total. The van der Waals surface area contributed by atoms with E-state index in [-0.39, 0.29) is 5.69 Å². The van der Waals surface area contributed by atoms with Gasteiger partial charge in [-0.2, -0.15) is 5.10 Å². The molecule has 0 unspecified atom stereocenters. The fourth-order valence-corrected chi connectivity index (χ4v) is 4.25. The van der Waals surface area contributed by atoms with E-state index in [1.807, 2.05) is 35.5 Å². The molecule has 0 radical (unpaired) electrons. The van der Waals surface area contributed by atoms with Gasteiger partial charge in [-0.1, -0.05) is 0 Å². The molecule has 0 aliphatic carbocycles. The van der Waals surface area contributed by atoms with Crippen LogP contribution in [0.3, 0.4) is 0 Å². The number of hydrogen-bond donors (Lipinski definition) is 2. The SMILES string of the molecule is Fc1cc(-c2cnc3[nH]cc(-c4ccc5ncnn5c4)c3c2)cc(N2CCNCC2)c1F. The van der Waals surface area contributed by atoms with Crippen LogP contribution >= 0.6 is 0 Å². The van der Waals surface area contributed by atoms with E-state index in [9.17, 15) is 8.78 Å². The molecule has 32 heavy (non-hydrogen) atoms. The van der Waals surface area contributed by atoms with Gasteiger partial charge in [0.2, 0.25) is 0 Å². The molecule has 9 heteroatoms. The molecule has 1 aliphatic heterocycles. The van der Waals surface area contributed by atoms with Crippen LogP contribution in [-0.2, 0) is 0 Å². The van der Waals surface area contributed by atoms with Crippen LogP contribution in [0.1, 0.15) is 0 Å². The van der Waals surface area contributed by atoms with Gasteiger partial charge in [0.05, 0.1) is 5.69 Å². The molecule has 0 saturated carbocycles. The van der Waals surface area contributed by atoms with Crippen LogP contribution in [0, 0.1) is 11.6 Å². The van der Waals surface area contributed by atoms with Crippen LogP contribution in [0.25, 0.3) is 38.9 Å². The van der Waals surface area contributed by atoms with Crippen molar-refractivity contribution in [3.8, 4) is 22.3 Å². The second kappa shape index (κ2) is 7.38. The van der Waals surface area contributed by atoms with Crippen molar-refractivity contribution >= 4 is 22.4 Å². The number of piperazine rings is 1. The zero-order chi connectivity index (χ0) is 21.7. The summed E-state index contributed by atoms with van der Waals surface area (Å²) in [5.41, 5.74) is 4.95. The molecule has 1 aromatic carbocycles. The first-order valence-electron chi connectivity index (χ1n) is 10.4. The van der Waals surface area contributed by atoms with Gasteiger partial charge in [-0.15, -0.1) is 0 Å². The number of benzene rings is 1. The predicted molar refractivity (Wildman–Crippen MR) is 119 cm³/mol. The van der Waals surface area contributed by atoms with Crippen molar-refractivity contribution in [1.29, 1.82) is 0 Å². The highest BCUT2D eigenvalue weighted by molar-refractivity contribution is 5.96. The minimum atomic E-state index is -0.859. The Hall–Kier alpha value is -3.85. The van der Waals surface area contributed by atoms with Gasteiger partial charge in [0.25, 0.3) is 0 Å². The zero-order valence-corrected chi connectivity index (χ0v) is 17.0. The summed E-state index contributed by atoms with van der Waals surface area (Å²) >= 11 is 0. The van der Waals surface area contributed by atoms with Gasteiger partial charge in [0.15, 0.2) is 17.3 Å². The molecule has 5 heterocycles. The molecule has 0 amide bonds. The Morgan fingerprint density at radius 1 is 0.938 bits per heavy atom. The summed E-state index contributed by atoms with van der Waals surface area (Å²) in [5, 5.41) is 8.32. The van der Waals surface area contributed by atoms with Crippen LogP contribution in [0.4, 0.5) is 14.5 Å². The van der Waals surface area contributed by atoms with E-state index in [1.165, 1.54) is 12.4 Å². The summed E-state index contributed by atoms with van der Waals surface area (Å²) in [6, 6.07) is 8.76. The Morgan fingerprint density at radius 2 is 1.81 bits per heavy atom. The number of halogens is 2. The lowest BCUT2D eigenvalue weighted by molar-refractivity contribution is 0.500. The smallest absolute Gasteiger partial charge is 0.182 e. The maximum absolute atomic E-state index is 14.6. The lowest BCUT2D eigenvalue weighted by Crippen LogP contribution is -2.44. The number of rotatable bonds is 3. The minimum absolute atomic E-state index is 0.285. The van der Waals surface area contributed by atoms with Gasteiger partial charge in [-0.3, -0.25) is 0 Å². The first kappa shape index (κ1) is 18.9. The number of anilines is 1. The fraction of sp³-hybridized carbons (Fsp3) is 0.174. The van der Waals surface area contributed by atoms with Crippen molar-refractivity contribution in [1.82, 2.24) is 29.9 Å². The molecular formula is C23H19F2N7. The molecule has 4 aromatic heterocycles. The van der Waals surface area contributed by atoms with Crippen molar-refractivity contribution in [3.63, 3.8) is 0 Å². The molecule has 5 aromatic rings. The molecule has 160 valence electrons. The Labute approximate surface area is 181 Å². The normalized spacial score (nSPS) is 14.5. The Kier molecular flexibility index (Phi) is 4.36. The number of fused-ring (bicyclic) bond motifs is 2. The van der Waals surface area contributed by atoms with Crippen molar-refractivity contribution in [2.24, 2.45) is 0 Å². The average Bonchev–Trinajstić information content (AvgIpc) is 3.47. The van der Waals surface area contributed by atoms with E-state index in [0.717, 1.165) is 40.8 Å². The van der Waals surface area contributed by atoms with E-state index in [2.05, 4.69) is 25.4 Å². The van der Waals surface area contributed by atoms with Gasteiger partial charge in [-0.25, -0.2) is 23.3 Å². The monoisotopic (exact) mass is 431 g/mol. The van der Waals surface area contributed by atoms with Crippen LogP contribution < -0.4 is 10.2 Å². The van der Waals surface area contributed by atoms with Gasteiger partial charge < -0.3 is 15.2 Å². The zero-order valence-electron chi connectivity index (χ0n) is 17.0. The highest BCUT2D eigenvalue weighted by atomic mass is 19.2. The van der Waals surface area contributed by atoms with Gasteiger partial charge in [-0.05, 0) is 35.9 Å². The standard InChI is InChI=1S/C23H19F2N7/c24-19-8-15(9-20(22(19)25)31-5-3-26-4-6-31)16-7-17-18(11-28-23(17)27-10-16)14-1-2-21-29-13-30-32(21)12-14/h1-2,7-13,26H,3-6H2,(H,27,28). The second-order valence-corrected chi connectivity index (χ2v) is 7.83. The Balaban J connectivity index is 1.46. The summed E-state index contributed by atoms with van der Waals surface area (Å²) in [4.78, 5) is 13.8. The first-order chi connectivity index (χ1) is 15.7. The van der Waals surface area contributed by atoms with Crippen molar-refractivity contribution in [2.45, 2.75) is 0 Å². The van der Waals surface area contributed by atoms with Crippen molar-refractivity contribution in [2.75, 3.05) is 31.1 Å². The van der Waals surface area contributed by atoms with Crippen molar-refractivity contribution in [3.05, 3.63) is 66.9 Å². The van der Waals surface area contributed by atoms with Crippen LogP contribution in [0.2, 0.25) is 0 Å². The first-order valence-corrected chi connectivity index (χ1v) is 10.4. The molecular weight excluding hydrogens is 412 g/mol. The molecule has 1 fully saturated rings. The molecule has 1 aliphatic rings. The quantitative estimate of drug-likeness (QED) is 0.456. The molecule has 0 bridgehead atoms. The summed E-state index contributed by atoms with van der Waals surface area (Å²) < 4.78 is 30.8.